The van der Waals surface area contributed by atoms with Crippen molar-refractivity contribution in [3.63, 3.8) is 0 Å². The second-order valence-electron chi connectivity index (χ2n) is 4.52. The third-order valence-corrected chi connectivity index (χ3v) is 3.62. The van der Waals surface area contributed by atoms with Crippen molar-refractivity contribution < 1.29 is 9.53 Å². The van der Waals surface area contributed by atoms with Crippen molar-refractivity contribution in [1.29, 1.82) is 0 Å². The predicted octanol–water partition coefficient (Wildman–Crippen LogP) is 0.233. The highest BCUT2D eigenvalue weighted by molar-refractivity contribution is 5.69. The number of rotatable bonds is 4. The van der Waals surface area contributed by atoms with Crippen LogP contribution in [-0.2, 0) is 9.53 Å². The summed E-state index contributed by atoms with van der Waals surface area (Å²) in [4.78, 5) is 13.5. The monoisotopic (exact) mass is 212 g/mol. The van der Waals surface area contributed by atoms with Gasteiger partial charge in [0.05, 0.1) is 13.5 Å². The standard InChI is InChI=1S/C11H20N2O2/c1-15-11(14)2-5-12-10-8-13-6-3-9(10)4-7-13/h9-10,12H,2-8H2,1H3. The number of fused-ring (bicyclic) bond motifs is 3. The number of nitrogens with zero attached hydrogens (tertiary/aromatic N) is 1. The molecule has 0 aliphatic carbocycles. The van der Waals surface area contributed by atoms with Crippen molar-refractivity contribution in [2.24, 2.45) is 5.92 Å². The van der Waals surface area contributed by atoms with Gasteiger partial charge >= 0.3 is 5.97 Å². The Kier molecular flexibility index (Phi) is 3.59. The molecule has 4 nitrogen and oxygen atoms in total. The molecule has 0 aromatic heterocycles. The van der Waals surface area contributed by atoms with Crippen LogP contribution in [0.25, 0.3) is 0 Å². The normalized spacial score (nSPS) is 34.1. The first-order valence-electron chi connectivity index (χ1n) is 5.82. The molecule has 15 heavy (non-hydrogen) atoms. The molecule has 3 aliphatic rings. The zero-order chi connectivity index (χ0) is 10.7. The van der Waals surface area contributed by atoms with Crippen LogP contribution in [0.15, 0.2) is 0 Å². The van der Waals surface area contributed by atoms with E-state index in [2.05, 4.69) is 15.0 Å². The second kappa shape index (κ2) is 4.94. The van der Waals surface area contributed by atoms with Crippen molar-refractivity contribution in [2.45, 2.75) is 25.3 Å². The van der Waals surface area contributed by atoms with Crippen molar-refractivity contribution >= 4 is 5.97 Å². The van der Waals surface area contributed by atoms with Crippen LogP contribution < -0.4 is 5.32 Å². The van der Waals surface area contributed by atoms with Gasteiger partial charge in [0, 0.05) is 19.1 Å². The Morgan fingerprint density at radius 3 is 2.73 bits per heavy atom. The number of ether oxygens (including phenoxy) is 1. The van der Waals surface area contributed by atoms with Crippen molar-refractivity contribution in [3.8, 4) is 0 Å². The highest BCUT2D eigenvalue weighted by Crippen LogP contribution is 2.27. The average molecular weight is 212 g/mol. The smallest absolute Gasteiger partial charge is 0.306 e. The summed E-state index contributed by atoms with van der Waals surface area (Å²) in [5, 5.41) is 3.48. The van der Waals surface area contributed by atoms with Crippen LogP contribution in [0, 0.1) is 5.92 Å². The maximum atomic E-state index is 10.9. The largest absolute Gasteiger partial charge is 0.469 e. The molecule has 1 N–H and O–H groups in total. The predicted molar refractivity (Wildman–Crippen MR) is 57.6 cm³/mol. The first kappa shape index (κ1) is 10.9. The molecule has 4 heteroatoms. The van der Waals surface area contributed by atoms with E-state index >= 15 is 0 Å². The molecular weight excluding hydrogens is 192 g/mol. The number of hydrogen-bond acceptors (Lipinski definition) is 4. The fourth-order valence-corrected chi connectivity index (χ4v) is 2.66. The maximum Gasteiger partial charge on any atom is 0.306 e. The van der Waals surface area contributed by atoms with Crippen LogP contribution >= 0.6 is 0 Å². The van der Waals surface area contributed by atoms with Gasteiger partial charge in [0.1, 0.15) is 0 Å². The fraction of sp³-hybridized carbons (Fsp3) is 0.909. The molecule has 0 aromatic carbocycles. The molecule has 0 saturated carbocycles. The van der Waals surface area contributed by atoms with Gasteiger partial charge in [-0.2, -0.15) is 0 Å². The zero-order valence-corrected chi connectivity index (χ0v) is 9.37. The highest BCUT2D eigenvalue weighted by Gasteiger charge is 2.33. The molecule has 3 aliphatic heterocycles. The van der Waals surface area contributed by atoms with Crippen molar-refractivity contribution in [2.75, 3.05) is 33.3 Å². The van der Waals surface area contributed by atoms with Gasteiger partial charge in [-0.3, -0.25) is 4.79 Å². The lowest BCUT2D eigenvalue weighted by molar-refractivity contribution is -0.140. The molecular formula is C11H20N2O2. The second-order valence-corrected chi connectivity index (χ2v) is 4.52. The maximum absolute atomic E-state index is 10.9. The number of methoxy groups -OCH3 is 1. The lowest BCUT2D eigenvalue weighted by Crippen LogP contribution is -2.56. The quantitative estimate of drug-likeness (QED) is 0.678. The molecule has 0 amide bonds. The fourth-order valence-electron chi connectivity index (χ4n) is 2.66. The average Bonchev–Trinajstić information content (AvgIpc) is 2.30. The van der Waals surface area contributed by atoms with Crippen molar-refractivity contribution in [3.05, 3.63) is 0 Å². The third kappa shape index (κ3) is 2.69. The van der Waals surface area contributed by atoms with Gasteiger partial charge in [0.15, 0.2) is 0 Å². The van der Waals surface area contributed by atoms with Gasteiger partial charge in [-0.1, -0.05) is 0 Å². The Morgan fingerprint density at radius 2 is 2.20 bits per heavy atom. The van der Waals surface area contributed by atoms with Gasteiger partial charge in [-0.05, 0) is 31.8 Å². The van der Waals surface area contributed by atoms with E-state index in [0.29, 0.717) is 12.5 Å². The van der Waals surface area contributed by atoms with E-state index < -0.39 is 0 Å². The van der Waals surface area contributed by atoms with Crippen LogP contribution in [-0.4, -0.2) is 50.2 Å². The molecule has 2 bridgehead atoms. The van der Waals surface area contributed by atoms with E-state index in [-0.39, 0.29) is 5.97 Å². The zero-order valence-electron chi connectivity index (χ0n) is 9.37. The number of nitrogens with one attached hydrogen (secondary N) is 1. The summed E-state index contributed by atoms with van der Waals surface area (Å²) in [5.41, 5.74) is 0. The van der Waals surface area contributed by atoms with Crippen molar-refractivity contribution in [1.82, 2.24) is 10.2 Å². The van der Waals surface area contributed by atoms with E-state index in [0.717, 1.165) is 19.0 Å². The minimum Gasteiger partial charge on any atom is -0.469 e. The van der Waals surface area contributed by atoms with Gasteiger partial charge in [0.25, 0.3) is 0 Å². The number of carbonyl (C=O) groups excluding carboxylic acids is 1. The summed E-state index contributed by atoms with van der Waals surface area (Å²) in [6.07, 6.45) is 3.12. The van der Waals surface area contributed by atoms with Crippen LogP contribution in [0.2, 0.25) is 0 Å². The molecule has 1 atom stereocenters. The Bertz CT molecular complexity index is 225. The minimum atomic E-state index is -0.122. The van der Waals surface area contributed by atoms with E-state index in [4.69, 9.17) is 0 Å². The number of carbonyl (C=O) groups is 1. The lowest BCUT2D eigenvalue weighted by atomic mass is 9.84. The summed E-state index contributed by atoms with van der Waals surface area (Å²) in [7, 11) is 1.44. The van der Waals surface area contributed by atoms with E-state index in [1.54, 1.807) is 0 Å². The molecule has 0 aromatic rings. The Morgan fingerprint density at radius 1 is 1.47 bits per heavy atom. The number of esters is 1. The lowest BCUT2D eigenvalue weighted by Gasteiger charge is -2.45. The summed E-state index contributed by atoms with van der Waals surface area (Å²) >= 11 is 0. The Labute approximate surface area is 91.0 Å². The van der Waals surface area contributed by atoms with E-state index in [1.165, 1.54) is 33.0 Å². The van der Waals surface area contributed by atoms with E-state index in [9.17, 15) is 4.79 Å². The number of piperidine rings is 3. The van der Waals surface area contributed by atoms with E-state index in [1.807, 2.05) is 0 Å². The third-order valence-electron chi connectivity index (χ3n) is 3.62. The number of hydrogen-bond donors (Lipinski definition) is 1. The summed E-state index contributed by atoms with van der Waals surface area (Å²) in [5.74, 6) is 0.705. The molecule has 0 radical (unpaired) electrons. The summed E-state index contributed by atoms with van der Waals surface area (Å²) in [6, 6.07) is 0.595. The molecule has 3 fully saturated rings. The molecule has 1 unspecified atom stereocenters. The minimum absolute atomic E-state index is 0.122. The van der Waals surface area contributed by atoms with Crippen LogP contribution in [0.1, 0.15) is 19.3 Å². The van der Waals surface area contributed by atoms with Gasteiger partial charge in [-0.15, -0.1) is 0 Å². The van der Waals surface area contributed by atoms with Crippen LogP contribution in [0.3, 0.4) is 0 Å². The molecule has 3 saturated heterocycles. The first-order valence-corrected chi connectivity index (χ1v) is 5.82. The van der Waals surface area contributed by atoms with Gasteiger partial charge in [0.2, 0.25) is 0 Å². The summed E-state index contributed by atoms with van der Waals surface area (Å²) in [6.45, 7) is 4.44. The summed E-state index contributed by atoms with van der Waals surface area (Å²) < 4.78 is 4.61. The van der Waals surface area contributed by atoms with Gasteiger partial charge < -0.3 is 15.0 Å². The SMILES string of the molecule is COC(=O)CCNC1CN2CCC1CC2. The Balaban J connectivity index is 1.69. The van der Waals surface area contributed by atoms with Crippen LogP contribution in [0.5, 0.6) is 0 Å². The Hall–Kier alpha value is -0.610. The molecule has 86 valence electrons. The highest BCUT2D eigenvalue weighted by atomic mass is 16.5. The molecule has 3 rings (SSSR count). The van der Waals surface area contributed by atoms with Gasteiger partial charge in [-0.25, -0.2) is 0 Å². The topological polar surface area (TPSA) is 41.6 Å². The first-order chi connectivity index (χ1) is 7.29. The molecule has 3 heterocycles. The molecule has 0 spiro atoms. The van der Waals surface area contributed by atoms with Crippen LogP contribution in [0.4, 0.5) is 0 Å².